The van der Waals surface area contributed by atoms with Gasteiger partial charge in [-0.05, 0) is 11.6 Å². The van der Waals surface area contributed by atoms with E-state index in [1.54, 1.807) is 6.07 Å². The van der Waals surface area contributed by atoms with E-state index in [0.29, 0.717) is 11.3 Å². The molecule has 0 saturated carbocycles. The molecule has 0 aliphatic rings. The number of anilines is 1. The number of carbonyl (C=O) groups is 1. The zero-order valence-electron chi connectivity index (χ0n) is 9.17. The number of rotatable bonds is 3. The van der Waals surface area contributed by atoms with Crippen molar-refractivity contribution >= 4 is 11.7 Å². The fraction of sp³-hybridized carbons (Fsp3) is 0.0769. The van der Waals surface area contributed by atoms with E-state index in [1.165, 1.54) is 12.4 Å². The highest BCUT2D eigenvalue weighted by Crippen LogP contribution is 2.08. The normalized spacial score (nSPS) is 9.88. The molecule has 1 aromatic heterocycles. The molecule has 2 N–H and O–H groups in total. The van der Waals surface area contributed by atoms with Crippen LogP contribution in [-0.4, -0.2) is 11.0 Å². The second-order valence-electron chi connectivity index (χ2n) is 3.57. The van der Waals surface area contributed by atoms with Gasteiger partial charge in [0.1, 0.15) is 6.61 Å². The van der Waals surface area contributed by atoms with E-state index in [2.05, 4.69) is 4.98 Å². The predicted octanol–water partition coefficient (Wildman–Crippen LogP) is 2.02. The van der Waals surface area contributed by atoms with Crippen molar-refractivity contribution in [2.75, 3.05) is 5.73 Å². The monoisotopic (exact) mass is 228 g/mol. The van der Waals surface area contributed by atoms with Gasteiger partial charge in [-0.15, -0.1) is 0 Å². The molecule has 0 unspecified atom stereocenters. The quantitative estimate of drug-likeness (QED) is 0.816. The fourth-order valence-electron chi connectivity index (χ4n) is 1.38. The summed E-state index contributed by atoms with van der Waals surface area (Å²) in [4.78, 5) is 15.5. The topological polar surface area (TPSA) is 65.2 Å². The minimum absolute atomic E-state index is 0.245. The van der Waals surface area contributed by atoms with Gasteiger partial charge >= 0.3 is 5.97 Å². The molecule has 1 heterocycles. The number of benzene rings is 1. The Kier molecular flexibility index (Phi) is 3.35. The summed E-state index contributed by atoms with van der Waals surface area (Å²) in [5.41, 5.74) is 7.28. The van der Waals surface area contributed by atoms with Crippen molar-refractivity contribution in [3.05, 3.63) is 59.9 Å². The van der Waals surface area contributed by atoms with Gasteiger partial charge in [-0.3, -0.25) is 4.98 Å². The lowest BCUT2D eigenvalue weighted by Crippen LogP contribution is -2.06. The van der Waals surface area contributed by atoms with Gasteiger partial charge in [0.25, 0.3) is 0 Å². The molecule has 0 aliphatic carbocycles. The number of nitrogens with two attached hydrogens (primary N) is 1. The summed E-state index contributed by atoms with van der Waals surface area (Å²) in [6.07, 6.45) is 2.91. The largest absolute Gasteiger partial charge is 0.457 e. The van der Waals surface area contributed by atoms with Crippen LogP contribution in [0.25, 0.3) is 0 Å². The van der Waals surface area contributed by atoms with Gasteiger partial charge in [-0.1, -0.05) is 30.3 Å². The van der Waals surface area contributed by atoms with Gasteiger partial charge < -0.3 is 10.5 Å². The highest BCUT2D eigenvalue weighted by molar-refractivity contribution is 5.89. The van der Waals surface area contributed by atoms with Crippen LogP contribution >= 0.6 is 0 Å². The molecule has 4 nitrogen and oxygen atoms in total. The van der Waals surface area contributed by atoms with Crippen LogP contribution in [0.3, 0.4) is 0 Å². The van der Waals surface area contributed by atoms with Crippen molar-refractivity contribution < 1.29 is 9.53 Å². The molecular formula is C13H12N2O2. The summed E-state index contributed by atoms with van der Waals surface area (Å²) >= 11 is 0. The summed E-state index contributed by atoms with van der Waals surface area (Å²) in [7, 11) is 0. The summed E-state index contributed by atoms with van der Waals surface area (Å²) in [5, 5.41) is 0. The molecule has 1 aromatic carbocycles. The third kappa shape index (κ3) is 3.04. The summed E-state index contributed by atoms with van der Waals surface area (Å²) in [6, 6.07) is 11.0. The van der Waals surface area contributed by atoms with Gasteiger partial charge in [0.05, 0.1) is 11.3 Å². The second kappa shape index (κ2) is 5.12. The van der Waals surface area contributed by atoms with Gasteiger partial charge in [0.2, 0.25) is 0 Å². The highest BCUT2D eigenvalue weighted by atomic mass is 16.5. The Morgan fingerprint density at radius 1 is 1.24 bits per heavy atom. The first-order chi connectivity index (χ1) is 8.25. The molecule has 0 bridgehead atoms. The molecule has 0 radical (unpaired) electrons. The lowest BCUT2D eigenvalue weighted by Gasteiger charge is -2.04. The predicted molar refractivity (Wildman–Crippen MR) is 64.2 cm³/mol. The van der Waals surface area contributed by atoms with Crippen LogP contribution in [0.4, 0.5) is 5.69 Å². The molecule has 0 aliphatic heterocycles. The van der Waals surface area contributed by atoms with Crippen LogP contribution in [0.2, 0.25) is 0 Å². The maximum absolute atomic E-state index is 11.7. The SMILES string of the molecule is Nc1cncc(C(=O)OCc2ccccc2)c1. The molecule has 17 heavy (non-hydrogen) atoms. The minimum Gasteiger partial charge on any atom is -0.457 e. The fourth-order valence-corrected chi connectivity index (χ4v) is 1.38. The first-order valence-electron chi connectivity index (χ1n) is 5.17. The average Bonchev–Trinajstić information content (AvgIpc) is 2.37. The highest BCUT2D eigenvalue weighted by Gasteiger charge is 2.07. The molecule has 0 amide bonds. The number of hydrogen-bond donors (Lipinski definition) is 1. The van der Waals surface area contributed by atoms with Crippen molar-refractivity contribution in [2.24, 2.45) is 0 Å². The molecule has 2 rings (SSSR count). The van der Waals surface area contributed by atoms with Crippen LogP contribution < -0.4 is 5.73 Å². The molecule has 0 fully saturated rings. The number of esters is 1. The number of carbonyl (C=O) groups excluding carboxylic acids is 1. The molecule has 4 heteroatoms. The lowest BCUT2D eigenvalue weighted by atomic mass is 10.2. The van der Waals surface area contributed by atoms with Crippen molar-refractivity contribution in [3.8, 4) is 0 Å². The van der Waals surface area contributed by atoms with E-state index < -0.39 is 5.97 Å². The third-order valence-corrected chi connectivity index (χ3v) is 2.21. The number of ether oxygens (including phenoxy) is 1. The Bertz CT molecular complexity index is 512. The molecule has 86 valence electrons. The van der Waals surface area contributed by atoms with Gasteiger partial charge in [0, 0.05) is 12.4 Å². The zero-order valence-corrected chi connectivity index (χ0v) is 9.17. The maximum atomic E-state index is 11.7. The third-order valence-electron chi connectivity index (χ3n) is 2.21. The first-order valence-corrected chi connectivity index (χ1v) is 5.17. The Balaban J connectivity index is 1.98. The van der Waals surface area contributed by atoms with Crippen LogP contribution in [0, 0.1) is 0 Å². The second-order valence-corrected chi connectivity index (χ2v) is 3.57. The standard InChI is InChI=1S/C13H12N2O2/c14-12-6-11(7-15-8-12)13(16)17-9-10-4-2-1-3-5-10/h1-8H,9,14H2. The number of pyridine rings is 1. The van der Waals surface area contributed by atoms with Crippen molar-refractivity contribution in [1.82, 2.24) is 4.98 Å². The van der Waals surface area contributed by atoms with Gasteiger partial charge in [-0.25, -0.2) is 4.79 Å². The first kappa shape index (κ1) is 11.1. The number of aromatic nitrogens is 1. The smallest absolute Gasteiger partial charge is 0.340 e. The van der Waals surface area contributed by atoms with E-state index in [0.717, 1.165) is 5.56 Å². The summed E-state index contributed by atoms with van der Waals surface area (Å²) in [6.45, 7) is 0.245. The van der Waals surface area contributed by atoms with Gasteiger partial charge in [0.15, 0.2) is 0 Å². The Morgan fingerprint density at radius 2 is 2.00 bits per heavy atom. The van der Waals surface area contributed by atoms with Crippen molar-refractivity contribution in [3.63, 3.8) is 0 Å². The lowest BCUT2D eigenvalue weighted by molar-refractivity contribution is 0.0472. The van der Waals surface area contributed by atoms with E-state index in [1.807, 2.05) is 30.3 Å². The summed E-state index contributed by atoms with van der Waals surface area (Å²) in [5.74, 6) is -0.423. The Labute approximate surface area is 99.1 Å². The number of nitrogens with zero attached hydrogens (tertiary/aromatic N) is 1. The Hall–Kier alpha value is -2.36. The van der Waals surface area contributed by atoms with E-state index in [4.69, 9.17) is 10.5 Å². The van der Waals surface area contributed by atoms with E-state index in [9.17, 15) is 4.79 Å². The van der Waals surface area contributed by atoms with Crippen molar-refractivity contribution in [1.29, 1.82) is 0 Å². The zero-order chi connectivity index (χ0) is 12.1. The Morgan fingerprint density at radius 3 is 2.71 bits per heavy atom. The van der Waals surface area contributed by atoms with E-state index >= 15 is 0 Å². The molecule has 0 atom stereocenters. The van der Waals surface area contributed by atoms with Crippen LogP contribution in [0.15, 0.2) is 48.8 Å². The molecular weight excluding hydrogens is 216 g/mol. The minimum atomic E-state index is -0.423. The van der Waals surface area contributed by atoms with Crippen LogP contribution in [-0.2, 0) is 11.3 Å². The summed E-state index contributed by atoms with van der Waals surface area (Å²) < 4.78 is 5.13. The van der Waals surface area contributed by atoms with E-state index in [-0.39, 0.29) is 6.61 Å². The number of hydrogen-bond acceptors (Lipinski definition) is 4. The average molecular weight is 228 g/mol. The van der Waals surface area contributed by atoms with Gasteiger partial charge in [-0.2, -0.15) is 0 Å². The van der Waals surface area contributed by atoms with Crippen molar-refractivity contribution in [2.45, 2.75) is 6.61 Å². The van der Waals surface area contributed by atoms with Crippen LogP contribution in [0.5, 0.6) is 0 Å². The number of nitrogen functional groups attached to an aromatic ring is 1. The molecule has 0 saturated heterocycles. The molecule has 0 spiro atoms. The molecule has 2 aromatic rings. The van der Waals surface area contributed by atoms with Crippen LogP contribution in [0.1, 0.15) is 15.9 Å². The maximum Gasteiger partial charge on any atom is 0.340 e.